The minimum atomic E-state index is -1.08. The fraction of sp³-hybridized carbons (Fsp3) is 0.300. The molecule has 2 nitrogen and oxygen atoms in total. The third-order valence-electron chi connectivity index (χ3n) is 1.70. The minimum Gasteiger partial charge on any atom is -0.254 e. The Hall–Kier alpha value is -0.850. The van der Waals surface area contributed by atoms with Gasteiger partial charge < -0.3 is 0 Å². The summed E-state index contributed by atoms with van der Waals surface area (Å²) in [6, 6.07) is 9.11. The van der Waals surface area contributed by atoms with Crippen LogP contribution in [-0.4, -0.2) is 9.96 Å². The van der Waals surface area contributed by atoms with E-state index in [9.17, 15) is 4.21 Å². The molecule has 0 N–H and O–H groups in total. The van der Waals surface area contributed by atoms with Gasteiger partial charge in [-0.05, 0) is 18.6 Å². The highest BCUT2D eigenvalue weighted by atomic mass is 35.5. The Labute approximate surface area is 91.0 Å². The number of nitrogens with zero attached hydrogens (tertiary/aromatic N) is 1. The Kier molecular flexibility index (Phi) is 4.64. The van der Waals surface area contributed by atoms with Crippen LogP contribution in [0.3, 0.4) is 0 Å². The lowest BCUT2D eigenvalue weighted by atomic mass is 10.4. The van der Waals surface area contributed by atoms with Gasteiger partial charge in [-0.3, -0.25) is 4.21 Å². The van der Waals surface area contributed by atoms with Gasteiger partial charge in [0, 0.05) is 12.2 Å². The van der Waals surface area contributed by atoms with Gasteiger partial charge in [-0.25, -0.2) is 0 Å². The van der Waals surface area contributed by atoms with Crippen LogP contribution in [0.1, 0.15) is 12.8 Å². The van der Waals surface area contributed by atoms with E-state index in [-0.39, 0.29) is 0 Å². The molecule has 1 atom stereocenters. The Morgan fingerprint density at radius 1 is 1.43 bits per heavy atom. The number of rotatable bonds is 4. The lowest BCUT2D eigenvalue weighted by molar-refractivity contribution is 0.681. The van der Waals surface area contributed by atoms with Gasteiger partial charge >= 0.3 is 0 Å². The molecule has 4 heteroatoms. The molecule has 0 spiro atoms. The molecule has 0 aliphatic heterocycles. The largest absolute Gasteiger partial charge is 0.254 e. The minimum absolute atomic E-state index is 0.441. The second-order valence-electron chi connectivity index (χ2n) is 2.74. The standard InChI is InChI=1S/C10H10ClNOS/c11-9-5-1-2-6-10(9)14(13)8-4-3-7-12/h1-2,5-6H,3-4,8H2. The summed E-state index contributed by atoms with van der Waals surface area (Å²) in [4.78, 5) is 0.659. The topological polar surface area (TPSA) is 40.9 Å². The third kappa shape index (κ3) is 3.13. The van der Waals surface area contributed by atoms with E-state index in [4.69, 9.17) is 16.9 Å². The van der Waals surface area contributed by atoms with E-state index < -0.39 is 10.8 Å². The maximum Gasteiger partial charge on any atom is 0.0622 e. The zero-order valence-corrected chi connectivity index (χ0v) is 9.14. The normalized spacial score (nSPS) is 12.0. The number of nitriles is 1. The summed E-state index contributed by atoms with van der Waals surface area (Å²) in [6.45, 7) is 0. The second kappa shape index (κ2) is 5.79. The van der Waals surface area contributed by atoms with Gasteiger partial charge in [-0.1, -0.05) is 23.7 Å². The first kappa shape index (κ1) is 11.2. The summed E-state index contributed by atoms with van der Waals surface area (Å²) in [7, 11) is -1.08. The van der Waals surface area contributed by atoms with Crippen molar-refractivity contribution in [3.8, 4) is 6.07 Å². The van der Waals surface area contributed by atoms with Crippen LogP contribution >= 0.6 is 11.6 Å². The first-order valence-electron chi connectivity index (χ1n) is 4.25. The summed E-state index contributed by atoms with van der Waals surface area (Å²) in [5, 5.41) is 8.86. The number of unbranched alkanes of at least 4 members (excludes halogenated alkanes) is 1. The molecule has 0 amide bonds. The smallest absolute Gasteiger partial charge is 0.0622 e. The van der Waals surface area contributed by atoms with Crippen LogP contribution in [0.4, 0.5) is 0 Å². The van der Waals surface area contributed by atoms with Crippen LogP contribution in [0.25, 0.3) is 0 Å². The van der Waals surface area contributed by atoms with Crippen LogP contribution in [0, 0.1) is 11.3 Å². The van der Waals surface area contributed by atoms with Crippen molar-refractivity contribution in [2.24, 2.45) is 0 Å². The summed E-state index contributed by atoms with van der Waals surface area (Å²) in [5.74, 6) is 0.497. The van der Waals surface area contributed by atoms with E-state index in [1.807, 2.05) is 12.1 Å². The quantitative estimate of drug-likeness (QED) is 0.743. The van der Waals surface area contributed by atoms with E-state index in [1.165, 1.54) is 0 Å². The average Bonchev–Trinajstić information content (AvgIpc) is 2.18. The van der Waals surface area contributed by atoms with Gasteiger partial charge in [0.15, 0.2) is 0 Å². The van der Waals surface area contributed by atoms with Gasteiger partial charge in [-0.2, -0.15) is 5.26 Å². The zero-order chi connectivity index (χ0) is 10.4. The van der Waals surface area contributed by atoms with Crippen LogP contribution < -0.4 is 0 Å². The van der Waals surface area contributed by atoms with Crippen LogP contribution in [-0.2, 0) is 10.8 Å². The highest BCUT2D eigenvalue weighted by Gasteiger charge is 2.06. The molecule has 0 radical (unpaired) electrons. The molecule has 74 valence electrons. The van der Waals surface area contributed by atoms with Crippen LogP contribution in [0.15, 0.2) is 29.2 Å². The number of hydrogen-bond acceptors (Lipinski definition) is 2. The van der Waals surface area contributed by atoms with Crippen molar-refractivity contribution in [2.75, 3.05) is 5.75 Å². The molecule has 1 aromatic carbocycles. The summed E-state index contributed by atoms with van der Waals surface area (Å²) < 4.78 is 11.7. The van der Waals surface area contributed by atoms with Crippen molar-refractivity contribution in [1.29, 1.82) is 5.26 Å². The molecule has 0 heterocycles. The van der Waals surface area contributed by atoms with Crippen molar-refractivity contribution in [1.82, 2.24) is 0 Å². The first-order chi connectivity index (χ1) is 6.75. The highest BCUT2D eigenvalue weighted by Crippen LogP contribution is 2.19. The maximum absolute atomic E-state index is 11.7. The molecular weight excluding hydrogens is 218 g/mol. The van der Waals surface area contributed by atoms with Crippen molar-refractivity contribution in [3.63, 3.8) is 0 Å². The van der Waals surface area contributed by atoms with E-state index in [1.54, 1.807) is 18.2 Å². The summed E-state index contributed by atoms with van der Waals surface area (Å²) in [6.07, 6.45) is 1.09. The summed E-state index contributed by atoms with van der Waals surface area (Å²) >= 11 is 5.87. The average molecular weight is 228 g/mol. The summed E-state index contributed by atoms with van der Waals surface area (Å²) in [5.41, 5.74) is 0. The van der Waals surface area contributed by atoms with E-state index >= 15 is 0 Å². The molecule has 1 aromatic rings. The zero-order valence-electron chi connectivity index (χ0n) is 7.57. The first-order valence-corrected chi connectivity index (χ1v) is 5.95. The SMILES string of the molecule is N#CCCCS(=O)c1ccccc1Cl. The van der Waals surface area contributed by atoms with E-state index in [2.05, 4.69) is 0 Å². The molecular formula is C10H10ClNOS. The Balaban J connectivity index is 2.62. The lowest BCUT2D eigenvalue weighted by Gasteiger charge is -2.02. The van der Waals surface area contributed by atoms with Crippen molar-refractivity contribution in [3.05, 3.63) is 29.3 Å². The fourth-order valence-electron chi connectivity index (χ4n) is 1.02. The monoisotopic (exact) mass is 227 g/mol. The highest BCUT2D eigenvalue weighted by molar-refractivity contribution is 7.85. The van der Waals surface area contributed by atoms with Gasteiger partial charge in [0.05, 0.1) is 26.8 Å². The van der Waals surface area contributed by atoms with Gasteiger partial charge in [-0.15, -0.1) is 0 Å². The Morgan fingerprint density at radius 2 is 2.14 bits per heavy atom. The van der Waals surface area contributed by atoms with Crippen molar-refractivity contribution in [2.45, 2.75) is 17.7 Å². The molecule has 1 rings (SSSR count). The number of hydrogen-bond donors (Lipinski definition) is 0. The molecule has 0 bridgehead atoms. The Morgan fingerprint density at radius 3 is 2.79 bits per heavy atom. The lowest BCUT2D eigenvalue weighted by Crippen LogP contribution is -1.98. The Bertz CT molecular complexity index is 373. The van der Waals surface area contributed by atoms with Gasteiger partial charge in [0.25, 0.3) is 0 Å². The fourth-order valence-corrected chi connectivity index (χ4v) is 2.56. The van der Waals surface area contributed by atoms with Crippen LogP contribution in [0.5, 0.6) is 0 Å². The van der Waals surface area contributed by atoms with Crippen LogP contribution in [0.2, 0.25) is 5.02 Å². The van der Waals surface area contributed by atoms with Crippen molar-refractivity contribution < 1.29 is 4.21 Å². The number of benzene rings is 1. The third-order valence-corrected chi connectivity index (χ3v) is 3.65. The molecule has 0 saturated heterocycles. The van der Waals surface area contributed by atoms with Crippen molar-refractivity contribution >= 4 is 22.4 Å². The molecule has 0 saturated carbocycles. The molecule has 0 aromatic heterocycles. The van der Waals surface area contributed by atoms with E-state index in [0.29, 0.717) is 28.5 Å². The molecule has 14 heavy (non-hydrogen) atoms. The molecule has 0 aliphatic rings. The predicted octanol–water partition coefficient (Wildman–Crippen LogP) is 2.75. The maximum atomic E-state index is 11.7. The molecule has 0 aliphatic carbocycles. The molecule has 0 fully saturated rings. The molecule has 1 unspecified atom stereocenters. The predicted molar refractivity (Wildman–Crippen MR) is 57.6 cm³/mol. The number of halogens is 1. The van der Waals surface area contributed by atoms with Gasteiger partial charge in [0.2, 0.25) is 0 Å². The van der Waals surface area contributed by atoms with Gasteiger partial charge in [0.1, 0.15) is 0 Å². The second-order valence-corrected chi connectivity index (χ2v) is 4.69. The van der Waals surface area contributed by atoms with E-state index in [0.717, 1.165) is 0 Å².